The summed E-state index contributed by atoms with van der Waals surface area (Å²) >= 11 is 6.27. The highest BCUT2D eigenvalue weighted by Crippen LogP contribution is 2.23. The molecule has 1 aromatic carbocycles. The predicted molar refractivity (Wildman–Crippen MR) is 81.0 cm³/mol. The van der Waals surface area contributed by atoms with Crippen LogP contribution in [-0.4, -0.2) is 25.4 Å². The maximum absolute atomic E-state index is 11.0. The Bertz CT molecular complexity index is 848. The molecule has 0 amide bonds. The Balaban J connectivity index is 2.03. The summed E-state index contributed by atoms with van der Waals surface area (Å²) in [7, 11) is 1.86. The van der Waals surface area contributed by atoms with Crippen molar-refractivity contribution in [1.82, 2.24) is 14.3 Å². The Morgan fingerprint density at radius 3 is 2.76 bits per heavy atom. The maximum atomic E-state index is 11.0. The molecule has 0 atom stereocenters. The molecule has 0 aliphatic rings. The molecule has 21 heavy (non-hydrogen) atoms. The molecule has 1 N–H and O–H groups in total. The van der Waals surface area contributed by atoms with E-state index in [2.05, 4.69) is 5.10 Å². The molecule has 6 heteroatoms. The van der Waals surface area contributed by atoms with Gasteiger partial charge in [0.05, 0.1) is 28.5 Å². The molecule has 0 bridgehead atoms. The number of nitrogens with zero attached hydrogens (tertiary/aromatic N) is 3. The lowest BCUT2D eigenvalue weighted by Crippen LogP contribution is -2.05. The summed E-state index contributed by atoms with van der Waals surface area (Å²) in [5.41, 5.74) is 2.98. The van der Waals surface area contributed by atoms with E-state index in [4.69, 9.17) is 16.7 Å². The second-order valence-corrected chi connectivity index (χ2v) is 5.37. The van der Waals surface area contributed by atoms with E-state index in [1.54, 1.807) is 16.8 Å². The molecule has 2 heterocycles. The van der Waals surface area contributed by atoms with Gasteiger partial charge in [-0.3, -0.25) is 4.68 Å². The predicted octanol–water partition coefficient (Wildman–Crippen LogP) is 3.08. The Kier molecular flexibility index (Phi) is 3.22. The van der Waals surface area contributed by atoms with Crippen molar-refractivity contribution in [3.63, 3.8) is 0 Å². The summed E-state index contributed by atoms with van der Waals surface area (Å²) in [5, 5.41) is 14.9. The molecule has 0 unspecified atom stereocenters. The normalized spacial score (nSPS) is 11.2. The number of hydrogen-bond acceptors (Lipinski definition) is 2. The minimum absolute atomic E-state index is 0.287. The topological polar surface area (TPSA) is 60.0 Å². The van der Waals surface area contributed by atoms with Gasteiger partial charge < -0.3 is 9.67 Å². The molecule has 0 spiro atoms. The van der Waals surface area contributed by atoms with Gasteiger partial charge in [0.1, 0.15) is 0 Å². The standard InChI is InChI=1S/C15H14ClN3O2/c1-9-14(16)13(18(2)17-9)8-19-6-5-10-7-11(15(20)21)3-4-12(10)19/h3-7H,8H2,1-2H3,(H,20,21). The number of aryl methyl sites for hydroxylation is 2. The summed E-state index contributed by atoms with van der Waals surface area (Å²) in [6.45, 7) is 2.46. The van der Waals surface area contributed by atoms with Crippen LogP contribution in [0.25, 0.3) is 10.9 Å². The number of carboxylic acids is 1. The number of benzene rings is 1. The number of rotatable bonds is 3. The number of aromatic carboxylic acids is 1. The van der Waals surface area contributed by atoms with Gasteiger partial charge in [-0.1, -0.05) is 11.6 Å². The minimum atomic E-state index is -0.921. The minimum Gasteiger partial charge on any atom is -0.478 e. The molecular weight excluding hydrogens is 290 g/mol. The van der Waals surface area contributed by atoms with E-state index in [9.17, 15) is 4.79 Å². The largest absolute Gasteiger partial charge is 0.478 e. The average molecular weight is 304 g/mol. The van der Waals surface area contributed by atoms with Crippen LogP contribution >= 0.6 is 11.6 Å². The monoisotopic (exact) mass is 303 g/mol. The van der Waals surface area contributed by atoms with E-state index in [0.29, 0.717) is 11.6 Å². The zero-order chi connectivity index (χ0) is 15.1. The van der Waals surface area contributed by atoms with Gasteiger partial charge in [0.25, 0.3) is 0 Å². The first-order valence-corrected chi connectivity index (χ1v) is 6.85. The van der Waals surface area contributed by atoms with Crippen LogP contribution in [0.3, 0.4) is 0 Å². The molecule has 0 aliphatic carbocycles. The Morgan fingerprint density at radius 1 is 1.38 bits per heavy atom. The van der Waals surface area contributed by atoms with E-state index in [-0.39, 0.29) is 5.56 Å². The first-order valence-electron chi connectivity index (χ1n) is 6.47. The fourth-order valence-corrected chi connectivity index (χ4v) is 2.70. The lowest BCUT2D eigenvalue weighted by molar-refractivity contribution is 0.0697. The van der Waals surface area contributed by atoms with Crippen LogP contribution in [0.15, 0.2) is 30.5 Å². The van der Waals surface area contributed by atoms with Gasteiger partial charge in [0, 0.05) is 24.1 Å². The first kappa shape index (κ1) is 13.7. The Hall–Kier alpha value is -2.27. The van der Waals surface area contributed by atoms with Gasteiger partial charge >= 0.3 is 5.97 Å². The highest BCUT2D eigenvalue weighted by atomic mass is 35.5. The van der Waals surface area contributed by atoms with E-state index < -0.39 is 5.97 Å². The molecule has 108 valence electrons. The number of aromatic nitrogens is 3. The van der Waals surface area contributed by atoms with E-state index in [0.717, 1.165) is 22.3 Å². The van der Waals surface area contributed by atoms with Crippen molar-refractivity contribution in [2.45, 2.75) is 13.5 Å². The van der Waals surface area contributed by atoms with Gasteiger partial charge in [-0.15, -0.1) is 0 Å². The number of hydrogen-bond donors (Lipinski definition) is 1. The summed E-state index contributed by atoms with van der Waals surface area (Å²) in [6.07, 6.45) is 1.93. The average Bonchev–Trinajstić information content (AvgIpc) is 2.95. The third-order valence-electron chi connectivity index (χ3n) is 3.60. The molecule has 0 fully saturated rings. The zero-order valence-corrected chi connectivity index (χ0v) is 12.4. The highest BCUT2D eigenvalue weighted by Gasteiger charge is 2.13. The van der Waals surface area contributed by atoms with Crippen LogP contribution in [0.2, 0.25) is 5.02 Å². The second kappa shape index (κ2) is 4.93. The van der Waals surface area contributed by atoms with Crippen LogP contribution in [0, 0.1) is 6.92 Å². The molecule has 3 rings (SSSR count). The van der Waals surface area contributed by atoms with Gasteiger partial charge in [0.2, 0.25) is 0 Å². The van der Waals surface area contributed by atoms with E-state index in [1.165, 1.54) is 0 Å². The number of carboxylic acid groups (broad SMARTS) is 1. The quantitative estimate of drug-likeness (QED) is 0.809. The van der Waals surface area contributed by atoms with Gasteiger partial charge in [-0.25, -0.2) is 4.79 Å². The molecular formula is C15H14ClN3O2. The third kappa shape index (κ3) is 2.29. The number of carbonyl (C=O) groups is 1. The molecule has 3 aromatic rings. The van der Waals surface area contributed by atoms with Crippen LogP contribution in [0.5, 0.6) is 0 Å². The molecule has 0 aliphatic heterocycles. The van der Waals surface area contributed by atoms with Crippen molar-refractivity contribution in [3.05, 3.63) is 52.4 Å². The molecule has 0 saturated heterocycles. The second-order valence-electron chi connectivity index (χ2n) is 4.99. The maximum Gasteiger partial charge on any atom is 0.335 e. The molecule has 2 aromatic heterocycles. The van der Waals surface area contributed by atoms with Crippen molar-refractivity contribution in [3.8, 4) is 0 Å². The third-order valence-corrected chi connectivity index (χ3v) is 4.09. The van der Waals surface area contributed by atoms with E-state index >= 15 is 0 Å². The fourth-order valence-electron chi connectivity index (χ4n) is 2.48. The smallest absolute Gasteiger partial charge is 0.335 e. The van der Waals surface area contributed by atoms with Crippen LogP contribution in [-0.2, 0) is 13.6 Å². The Labute approximate surface area is 126 Å². The highest BCUT2D eigenvalue weighted by molar-refractivity contribution is 6.31. The molecule has 0 saturated carbocycles. The summed E-state index contributed by atoms with van der Waals surface area (Å²) in [4.78, 5) is 11.0. The van der Waals surface area contributed by atoms with Crippen molar-refractivity contribution in [1.29, 1.82) is 0 Å². The van der Waals surface area contributed by atoms with Crippen LogP contribution in [0.4, 0.5) is 0 Å². The van der Waals surface area contributed by atoms with Crippen LogP contribution in [0.1, 0.15) is 21.7 Å². The van der Waals surface area contributed by atoms with Crippen molar-refractivity contribution in [2.24, 2.45) is 7.05 Å². The number of fused-ring (bicyclic) bond motifs is 1. The van der Waals surface area contributed by atoms with Crippen molar-refractivity contribution in [2.75, 3.05) is 0 Å². The lowest BCUT2D eigenvalue weighted by atomic mass is 10.1. The van der Waals surface area contributed by atoms with Gasteiger partial charge in [-0.05, 0) is 31.2 Å². The summed E-state index contributed by atoms with van der Waals surface area (Å²) in [6, 6.07) is 7.00. The van der Waals surface area contributed by atoms with Gasteiger partial charge in [-0.2, -0.15) is 5.10 Å². The fraction of sp³-hybridized carbons (Fsp3) is 0.200. The Morgan fingerprint density at radius 2 is 2.14 bits per heavy atom. The molecule has 0 radical (unpaired) electrons. The van der Waals surface area contributed by atoms with Crippen molar-refractivity contribution >= 4 is 28.5 Å². The zero-order valence-electron chi connectivity index (χ0n) is 11.7. The molecule has 5 nitrogen and oxygen atoms in total. The first-order chi connectivity index (χ1) is 9.97. The summed E-state index contributed by atoms with van der Waals surface area (Å²) < 4.78 is 3.80. The summed E-state index contributed by atoms with van der Waals surface area (Å²) in [5.74, 6) is -0.921. The van der Waals surface area contributed by atoms with Crippen molar-refractivity contribution < 1.29 is 9.90 Å². The lowest BCUT2D eigenvalue weighted by Gasteiger charge is -2.07. The number of halogens is 1. The van der Waals surface area contributed by atoms with Gasteiger partial charge in [0.15, 0.2) is 0 Å². The SMILES string of the molecule is Cc1nn(C)c(Cn2ccc3cc(C(=O)O)ccc32)c1Cl. The van der Waals surface area contributed by atoms with E-state index in [1.807, 2.05) is 36.9 Å². The van der Waals surface area contributed by atoms with Crippen LogP contribution < -0.4 is 0 Å².